The quantitative estimate of drug-likeness (QED) is 0.714. The Labute approximate surface area is 157 Å². The molecule has 1 amide bonds. The molecule has 0 unspecified atom stereocenters. The maximum atomic E-state index is 13.7. The number of nitrogens with one attached hydrogen (secondary N) is 2. The monoisotopic (exact) mass is 424 g/mol. The van der Waals surface area contributed by atoms with Gasteiger partial charge in [0.2, 0.25) is 15.9 Å². The number of hydrogen-bond donors (Lipinski definition) is 2. The Hall–Kier alpha value is -2.17. The van der Waals surface area contributed by atoms with E-state index in [9.17, 15) is 30.8 Å². The van der Waals surface area contributed by atoms with Crippen LogP contribution in [0.25, 0.3) is 0 Å². The minimum atomic E-state index is -4.69. The van der Waals surface area contributed by atoms with Crippen LogP contribution in [-0.4, -0.2) is 14.3 Å². The fourth-order valence-electron chi connectivity index (χ4n) is 2.10. The van der Waals surface area contributed by atoms with Crippen LogP contribution in [0, 0.1) is 5.82 Å². The Balaban J connectivity index is 2.23. The van der Waals surface area contributed by atoms with Gasteiger partial charge < -0.3 is 5.32 Å². The molecule has 5 nitrogen and oxygen atoms in total. The van der Waals surface area contributed by atoms with E-state index in [4.69, 9.17) is 11.6 Å². The predicted octanol–water partition coefficient (Wildman–Crippen LogP) is 3.93. The van der Waals surface area contributed by atoms with Crippen molar-refractivity contribution in [2.75, 3.05) is 5.32 Å². The van der Waals surface area contributed by atoms with Crippen molar-refractivity contribution in [3.8, 4) is 0 Å². The first kappa shape index (κ1) is 21.1. The third kappa shape index (κ3) is 5.41. The molecule has 146 valence electrons. The number of alkyl halides is 3. The molecule has 0 aromatic heterocycles. The molecule has 2 aromatic carbocycles. The molecule has 2 aromatic rings. The van der Waals surface area contributed by atoms with Gasteiger partial charge in [-0.05, 0) is 36.4 Å². The van der Waals surface area contributed by atoms with Gasteiger partial charge in [-0.25, -0.2) is 17.5 Å². The summed E-state index contributed by atoms with van der Waals surface area (Å²) in [5.74, 6) is -1.39. The fraction of sp³-hybridized carbons (Fsp3) is 0.188. The number of hydrogen-bond acceptors (Lipinski definition) is 3. The minimum Gasteiger partial charge on any atom is -0.325 e. The number of rotatable bonds is 5. The SMILES string of the molecule is CC(=O)Nc1ccc(S(=O)(=O)NCc2cc(C(F)(F)F)ccc2F)cc1Cl. The van der Waals surface area contributed by atoms with Gasteiger partial charge in [0.25, 0.3) is 0 Å². The maximum absolute atomic E-state index is 13.7. The number of anilines is 1. The Morgan fingerprint density at radius 2 is 1.81 bits per heavy atom. The van der Waals surface area contributed by atoms with Crippen LogP contribution >= 0.6 is 11.6 Å². The molecule has 0 aliphatic heterocycles. The van der Waals surface area contributed by atoms with Crippen LogP contribution in [0.1, 0.15) is 18.1 Å². The highest BCUT2D eigenvalue weighted by Gasteiger charge is 2.31. The van der Waals surface area contributed by atoms with Crippen molar-refractivity contribution >= 4 is 33.2 Å². The second-order valence-corrected chi connectivity index (χ2v) is 7.63. The molecule has 0 aliphatic carbocycles. The zero-order valence-electron chi connectivity index (χ0n) is 13.7. The van der Waals surface area contributed by atoms with Gasteiger partial charge >= 0.3 is 6.18 Å². The molecule has 0 spiro atoms. The second-order valence-electron chi connectivity index (χ2n) is 5.45. The van der Waals surface area contributed by atoms with Crippen molar-refractivity contribution in [3.05, 3.63) is 58.4 Å². The average Bonchev–Trinajstić information content (AvgIpc) is 2.54. The maximum Gasteiger partial charge on any atom is 0.416 e. The van der Waals surface area contributed by atoms with E-state index >= 15 is 0 Å². The number of halogens is 5. The highest BCUT2D eigenvalue weighted by Crippen LogP contribution is 2.30. The lowest BCUT2D eigenvalue weighted by Gasteiger charge is -2.12. The lowest BCUT2D eigenvalue weighted by atomic mass is 10.1. The molecule has 11 heteroatoms. The van der Waals surface area contributed by atoms with E-state index in [1.807, 2.05) is 4.72 Å². The molecule has 0 aliphatic rings. The van der Waals surface area contributed by atoms with Gasteiger partial charge in [0.1, 0.15) is 5.82 Å². The van der Waals surface area contributed by atoms with Crippen LogP contribution in [0.4, 0.5) is 23.2 Å². The van der Waals surface area contributed by atoms with Crippen molar-refractivity contribution in [3.63, 3.8) is 0 Å². The summed E-state index contributed by atoms with van der Waals surface area (Å²) >= 11 is 5.90. The number of carbonyl (C=O) groups excluding carboxylic acids is 1. The van der Waals surface area contributed by atoms with Crippen molar-refractivity contribution in [2.24, 2.45) is 0 Å². The lowest BCUT2D eigenvalue weighted by Crippen LogP contribution is -2.24. The number of benzene rings is 2. The third-order valence-electron chi connectivity index (χ3n) is 3.39. The minimum absolute atomic E-state index is 0.0571. The van der Waals surface area contributed by atoms with Crippen LogP contribution in [-0.2, 0) is 27.5 Å². The summed E-state index contributed by atoms with van der Waals surface area (Å²) < 4.78 is 78.4. The molecular weight excluding hydrogens is 412 g/mol. The number of carbonyl (C=O) groups is 1. The topological polar surface area (TPSA) is 75.3 Å². The molecule has 0 saturated carbocycles. The summed E-state index contributed by atoms with van der Waals surface area (Å²) in [5.41, 5.74) is -1.37. The zero-order valence-corrected chi connectivity index (χ0v) is 15.3. The molecule has 0 radical (unpaired) electrons. The fourth-order valence-corrected chi connectivity index (χ4v) is 3.42. The zero-order chi connectivity index (χ0) is 20.4. The third-order valence-corrected chi connectivity index (χ3v) is 5.10. The summed E-state index contributed by atoms with van der Waals surface area (Å²) in [6.45, 7) is 0.551. The molecule has 0 heterocycles. The highest BCUT2D eigenvalue weighted by molar-refractivity contribution is 7.89. The van der Waals surface area contributed by atoms with Crippen LogP contribution in [0.3, 0.4) is 0 Å². The van der Waals surface area contributed by atoms with Crippen molar-refractivity contribution in [2.45, 2.75) is 24.5 Å². The Kier molecular flexibility index (Phi) is 6.13. The smallest absolute Gasteiger partial charge is 0.325 e. The van der Waals surface area contributed by atoms with Crippen LogP contribution < -0.4 is 10.0 Å². The standard InChI is InChI=1S/C16H13ClF4N2O3S/c1-9(24)23-15-5-3-12(7-13(15)17)27(25,26)22-8-10-6-11(16(19,20)21)2-4-14(10)18/h2-7,22H,8H2,1H3,(H,23,24). The average molecular weight is 425 g/mol. The van der Waals surface area contributed by atoms with Gasteiger partial charge in [-0.2, -0.15) is 13.2 Å². The molecular formula is C16H13ClF4N2O3S. The van der Waals surface area contributed by atoms with E-state index in [2.05, 4.69) is 5.32 Å². The normalized spacial score (nSPS) is 12.1. The summed E-state index contributed by atoms with van der Waals surface area (Å²) in [5, 5.41) is 2.34. The highest BCUT2D eigenvalue weighted by atomic mass is 35.5. The van der Waals surface area contributed by atoms with Gasteiger partial charge in [-0.1, -0.05) is 11.6 Å². The van der Waals surface area contributed by atoms with E-state index in [1.165, 1.54) is 13.0 Å². The van der Waals surface area contributed by atoms with Crippen LogP contribution in [0.2, 0.25) is 5.02 Å². The molecule has 2 N–H and O–H groups in total. The summed E-state index contributed by atoms with van der Waals surface area (Å²) in [7, 11) is -4.19. The van der Waals surface area contributed by atoms with E-state index in [1.54, 1.807) is 0 Å². The first-order chi connectivity index (χ1) is 12.4. The van der Waals surface area contributed by atoms with E-state index in [0.717, 1.165) is 12.1 Å². The Bertz CT molecular complexity index is 978. The number of sulfonamides is 1. The molecule has 2 rings (SSSR count). The van der Waals surface area contributed by atoms with E-state index < -0.39 is 45.6 Å². The van der Waals surface area contributed by atoms with Crippen LogP contribution in [0.5, 0.6) is 0 Å². The van der Waals surface area contributed by atoms with Crippen molar-refractivity contribution in [1.82, 2.24) is 4.72 Å². The second kappa shape index (κ2) is 7.83. The van der Waals surface area contributed by atoms with Crippen LogP contribution in [0.15, 0.2) is 41.3 Å². The largest absolute Gasteiger partial charge is 0.416 e. The molecule has 0 bridgehead atoms. The summed E-state index contributed by atoms with van der Waals surface area (Å²) in [6, 6.07) is 5.16. The molecule has 0 fully saturated rings. The molecule has 27 heavy (non-hydrogen) atoms. The van der Waals surface area contributed by atoms with E-state index in [-0.39, 0.29) is 15.6 Å². The summed E-state index contributed by atoms with van der Waals surface area (Å²) in [4.78, 5) is 10.7. The lowest BCUT2D eigenvalue weighted by molar-refractivity contribution is -0.137. The van der Waals surface area contributed by atoms with Crippen molar-refractivity contribution < 1.29 is 30.8 Å². The Morgan fingerprint density at radius 3 is 2.37 bits per heavy atom. The van der Waals surface area contributed by atoms with Gasteiger partial charge in [0.05, 0.1) is 21.2 Å². The van der Waals surface area contributed by atoms with Gasteiger partial charge in [-0.3, -0.25) is 4.79 Å². The Morgan fingerprint density at radius 1 is 1.15 bits per heavy atom. The van der Waals surface area contributed by atoms with Gasteiger partial charge in [-0.15, -0.1) is 0 Å². The number of amides is 1. The molecule has 0 atom stereocenters. The predicted molar refractivity (Wildman–Crippen MR) is 91.2 cm³/mol. The molecule has 0 saturated heterocycles. The van der Waals surface area contributed by atoms with Gasteiger partial charge in [0, 0.05) is 19.0 Å². The van der Waals surface area contributed by atoms with Gasteiger partial charge in [0.15, 0.2) is 0 Å². The first-order valence-electron chi connectivity index (χ1n) is 7.32. The van der Waals surface area contributed by atoms with E-state index in [0.29, 0.717) is 18.2 Å². The summed E-state index contributed by atoms with van der Waals surface area (Å²) in [6.07, 6.45) is -4.69. The first-order valence-corrected chi connectivity index (χ1v) is 9.18. The van der Waals surface area contributed by atoms with Crippen molar-refractivity contribution in [1.29, 1.82) is 0 Å².